The van der Waals surface area contributed by atoms with Gasteiger partial charge in [-0.15, -0.1) is 0 Å². The molecule has 6 rings (SSSR count). The van der Waals surface area contributed by atoms with E-state index in [4.69, 9.17) is 11.6 Å². The summed E-state index contributed by atoms with van der Waals surface area (Å²) in [7, 11) is 0. The number of hydrogen-bond donors (Lipinski definition) is 3. The molecule has 64 heavy (non-hydrogen) atoms. The number of nitrogens with zero attached hydrogens (tertiary/aromatic N) is 2. The van der Waals surface area contributed by atoms with Crippen molar-refractivity contribution in [1.29, 1.82) is 0 Å². The fraction of sp³-hybridized carbons (Fsp3) is 0.407. The second-order valence-corrected chi connectivity index (χ2v) is 17.2. The Morgan fingerprint density at radius 3 is 1.44 bits per heavy atom. The number of hydrogen-bond acceptors (Lipinski definition) is 4. The van der Waals surface area contributed by atoms with Crippen LogP contribution >= 0.6 is 11.6 Å². The molecule has 3 N–H and O–H groups in total. The van der Waals surface area contributed by atoms with Crippen LogP contribution in [-0.4, -0.2) is 25.2 Å². The van der Waals surface area contributed by atoms with Crippen LogP contribution in [0.2, 0.25) is 5.02 Å². The van der Waals surface area contributed by atoms with E-state index in [1.165, 1.54) is 58.4 Å². The maximum atomic E-state index is 12.8. The third kappa shape index (κ3) is 22.5. The Balaban J connectivity index is 0. The Morgan fingerprint density at radius 1 is 0.516 bits per heavy atom. The van der Waals surface area contributed by atoms with E-state index in [2.05, 4.69) is 82.5 Å². The zero-order valence-electron chi connectivity index (χ0n) is 39.0. The first kappa shape index (κ1) is 60.9. The summed E-state index contributed by atoms with van der Waals surface area (Å²) in [6, 6.07) is 20.7. The number of rotatable bonds is 6. The van der Waals surface area contributed by atoms with Gasteiger partial charge in [-0.2, -0.15) is 0 Å². The van der Waals surface area contributed by atoms with E-state index in [0.717, 1.165) is 17.7 Å². The minimum atomic E-state index is -0.783. The number of phenols is 2. The number of nitrogens with one attached hydrogen (secondary N) is 1. The number of halogens is 5. The van der Waals surface area contributed by atoms with E-state index in [1.807, 2.05) is 78.3 Å². The van der Waals surface area contributed by atoms with Crippen LogP contribution in [-0.2, 0) is 0 Å². The van der Waals surface area contributed by atoms with E-state index in [0.29, 0.717) is 28.9 Å². The number of aromatic amines is 1. The summed E-state index contributed by atoms with van der Waals surface area (Å²) in [4.78, 5) is 11.3. The molecule has 0 aliphatic carbocycles. The summed E-state index contributed by atoms with van der Waals surface area (Å²) in [6.45, 7) is 28.8. The molecule has 0 atom stereocenters. The predicted octanol–water partition coefficient (Wildman–Crippen LogP) is 17.5. The third-order valence-corrected chi connectivity index (χ3v) is 9.68. The van der Waals surface area contributed by atoms with Crippen molar-refractivity contribution in [2.45, 2.75) is 147 Å². The van der Waals surface area contributed by atoms with Gasteiger partial charge in [0, 0.05) is 41.7 Å². The van der Waals surface area contributed by atoms with Crippen molar-refractivity contribution >= 4 is 11.6 Å². The molecule has 0 saturated carbocycles. The number of aromatic nitrogens is 3. The highest BCUT2D eigenvalue weighted by Crippen LogP contribution is 2.33. The van der Waals surface area contributed by atoms with Crippen molar-refractivity contribution in [3.8, 4) is 11.5 Å². The van der Waals surface area contributed by atoms with Crippen LogP contribution < -0.4 is 0 Å². The molecule has 3 heterocycles. The van der Waals surface area contributed by atoms with Crippen LogP contribution in [0.25, 0.3) is 0 Å². The molecule has 0 amide bonds. The molecular weight excluding hydrogens is 834 g/mol. The van der Waals surface area contributed by atoms with Crippen LogP contribution in [0.3, 0.4) is 0 Å². The maximum Gasteiger partial charge on any atom is 0.159 e. The minimum absolute atomic E-state index is 0. The van der Waals surface area contributed by atoms with Gasteiger partial charge in [0.15, 0.2) is 11.6 Å². The molecule has 5 nitrogen and oxygen atoms in total. The maximum absolute atomic E-state index is 12.8. The third-order valence-electron chi connectivity index (χ3n) is 9.39. The molecule has 6 aromatic rings. The van der Waals surface area contributed by atoms with Gasteiger partial charge in [0.2, 0.25) is 0 Å². The molecule has 354 valence electrons. The second-order valence-electron chi connectivity index (χ2n) is 16.7. The van der Waals surface area contributed by atoms with Gasteiger partial charge in [-0.25, -0.2) is 17.6 Å². The van der Waals surface area contributed by atoms with Gasteiger partial charge in [0.1, 0.15) is 23.1 Å². The van der Waals surface area contributed by atoms with Crippen molar-refractivity contribution < 1.29 is 27.8 Å². The van der Waals surface area contributed by atoms with Crippen LogP contribution in [0.5, 0.6) is 11.5 Å². The van der Waals surface area contributed by atoms with Crippen LogP contribution in [0.1, 0.15) is 178 Å². The fourth-order valence-electron chi connectivity index (χ4n) is 5.70. The van der Waals surface area contributed by atoms with Gasteiger partial charge in [-0.3, -0.25) is 9.97 Å². The number of phenolic OH excluding ortho intramolecular Hbond substituents is 2. The lowest BCUT2D eigenvalue weighted by atomic mass is 10.0. The molecule has 3 aromatic heterocycles. The largest absolute Gasteiger partial charge is 0.508 e. The molecule has 0 unspecified atom stereocenters. The Kier molecular flexibility index (Phi) is 29.4. The van der Waals surface area contributed by atoms with Gasteiger partial charge in [0.05, 0.1) is 5.02 Å². The monoisotopic (exact) mass is 910 g/mol. The molecule has 10 heteroatoms. The topological polar surface area (TPSA) is 82.0 Å². The first-order valence-electron chi connectivity index (χ1n) is 21.0. The Labute approximate surface area is 388 Å². The number of benzene rings is 3. The number of aryl methyl sites for hydroxylation is 2. The normalized spacial score (nSPS) is 10.2. The molecule has 3 aromatic carbocycles. The summed E-state index contributed by atoms with van der Waals surface area (Å²) in [5.74, 6) is 0.183. The van der Waals surface area contributed by atoms with Gasteiger partial charge in [-0.1, -0.05) is 122 Å². The van der Waals surface area contributed by atoms with E-state index >= 15 is 0 Å². The lowest BCUT2D eigenvalue weighted by Crippen LogP contribution is -1.90. The summed E-state index contributed by atoms with van der Waals surface area (Å²) in [5, 5.41) is 18.7. The molecule has 0 bridgehead atoms. The average Bonchev–Trinajstić information content (AvgIpc) is 3.57. The first-order chi connectivity index (χ1) is 29.0. The van der Waals surface area contributed by atoms with Crippen molar-refractivity contribution in [2.75, 3.05) is 0 Å². The highest BCUT2D eigenvalue weighted by Gasteiger charge is 2.11. The zero-order chi connectivity index (χ0) is 47.3. The summed E-state index contributed by atoms with van der Waals surface area (Å²) in [6.07, 6.45) is 7.36. The Morgan fingerprint density at radius 2 is 1.06 bits per heavy atom. The zero-order valence-corrected chi connectivity index (χ0v) is 39.7. The van der Waals surface area contributed by atoms with Crippen molar-refractivity contribution in [2.24, 2.45) is 0 Å². The lowest BCUT2D eigenvalue weighted by molar-refractivity contribution is 0.461. The predicted molar refractivity (Wildman–Crippen MR) is 264 cm³/mol. The van der Waals surface area contributed by atoms with Crippen LogP contribution in [0.15, 0.2) is 104 Å². The summed E-state index contributed by atoms with van der Waals surface area (Å²) < 4.78 is 50.3. The van der Waals surface area contributed by atoms with E-state index in [9.17, 15) is 27.8 Å². The van der Waals surface area contributed by atoms with Gasteiger partial charge < -0.3 is 15.2 Å². The smallest absolute Gasteiger partial charge is 0.159 e. The first-order valence-corrected chi connectivity index (χ1v) is 21.4. The van der Waals surface area contributed by atoms with Crippen molar-refractivity contribution in [3.05, 3.63) is 177 Å². The summed E-state index contributed by atoms with van der Waals surface area (Å²) in [5.41, 5.74) is 8.70. The van der Waals surface area contributed by atoms with E-state index < -0.39 is 17.5 Å². The highest BCUT2D eigenvalue weighted by molar-refractivity contribution is 6.32. The molecule has 0 fully saturated rings. The van der Waals surface area contributed by atoms with Gasteiger partial charge >= 0.3 is 0 Å². The Hall–Kier alpha value is -5.15. The number of pyridine rings is 2. The van der Waals surface area contributed by atoms with E-state index in [-0.39, 0.29) is 54.9 Å². The second kappa shape index (κ2) is 30.8. The summed E-state index contributed by atoms with van der Waals surface area (Å²) >= 11 is 5.57. The highest BCUT2D eigenvalue weighted by atomic mass is 35.5. The molecule has 0 aliphatic heterocycles. The fourth-order valence-corrected chi connectivity index (χ4v) is 5.91. The molecule has 0 saturated heterocycles. The quantitative estimate of drug-likeness (QED) is 0.145. The minimum Gasteiger partial charge on any atom is -0.508 e. The van der Waals surface area contributed by atoms with Gasteiger partial charge in [0.25, 0.3) is 0 Å². The lowest BCUT2D eigenvalue weighted by Gasteiger charge is -2.09. The number of H-pyrrole nitrogens is 1. The molecule has 0 aliphatic rings. The average molecular weight is 911 g/mol. The number of aromatic hydroxyl groups is 2. The van der Waals surface area contributed by atoms with Crippen molar-refractivity contribution in [1.82, 2.24) is 15.0 Å². The van der Waals surface area contributed by atoms with Crippen LogP contribution in [0.4, 0.5) is 17.6 Å². The molecule has 0 spiro atoms. The van der Waals surface area contributed by atoms with Crippen LogP contribution in [0, 0.1) is 37.1 Å². The molecule has 0 radical (unpaired) electrons. The Bertz CT molecular complexity index is 2130. The SMILES string of the molecule is C.C.CC(C)c1cc(F)cc(Cl)c1O.CC(C)c1cc(F)ccc1O.CC(C)c1ccc(F)c(F)c1.CC(C)c1cccnc1.CC(C)c1ccncc1.Cc1cc(C)c(C(C)C)[nH]1. The van der Waals surface area contributed by atoms with E-state index in [1.54, 1.807) is 12.3 Å². The van der Waals surface area contributed by atoms with Gasteiger partial charge in [-0.05, 0) is 144 Å². The van der Waals surface area contributed by atoms with Crippen molar-refractivity contribution in [3.63, 3.8) is 0 Å². The standard InChI is InChI=1S/C9H10ClFO.C9H10F2.C9H11FO.C9H15N.2C8H11N.2CH4/c1-5(2)7-3-6(11)4-8(10)9(7)12;1-6(2)7-3-4-8(10)9(11)5-7;1-6(2)8-5-7(10)3-4-9(8)11;1-6(2)9-7(3)5-8(4)10-9;1-7(2)8-3-5-9-6-4-8;1-7(2)8-4-3-5-9-6-8;;/h3-5,12H,1-2H3;3-6H,1-2H3;3-6,11H,1-2H3;5-6,10H,1-4H3;2*3-7H,1-2H3;2*1H4. The molecular formula is C54H76ClF4N3O2.